The van der Waals surface area contributed by atoms with Gasteiger partial charge in [0.15, 0.2) is 0 Å². The molecule has 0 saturated carbocycles. The summed E-state index contributed by atoms with van der Waals surface area (Å²) in [5.41, 5.74) is 17.2. The zero-order valence-corrected chi connectivity index (χ0v) is 37.4. The number of carbonyl (C=O) groups is 5. The van der Waals surface area contributed by atoms with E-state index >= 15 is 0 Å². The molecular weight excluding hydrogens is 1030 g/mol. The van der Waals surface area contributed by atoms with Gasteiger partial charge in [-0.05, 0) is 141 Å². The Hall–Kier alpha value is -4.07. The zero-order chi connectivity index (χ0) is 42.1. The quantitative estimate of drug-likeness (QED) is 0.0408. The van der Waals surface area contributed by atoms with Gasteiger partial charge >= 0.3 is 5.97 Å². The van der Waals surface area contributed by atoms with Crippen molar-refractivity contribution in [3.05, 3.63) is 94.6 Å². The van der Waals surface area contributed by atoms with E-state index in [1.54, 1.807) is 42.5 Å². The monoisotopic (exact) mass is 1060 g/mol. The lowest BCUT2D eigenvalue weighted by Crippen LogP contribution is -2.30. The molecule has 0 unspecified atom stereocenters. The van der Waals surface area contributed by atoms with Crippen molar-refractivity contribution in [2.75, 3.05) is 54.0 Å². The third kappa shape index (κ3) is 14.5. The standard InChI is InChI=1S/C18H18Br2ClN3O2.C17H14Br2ClN3O4.CH3NO/c1-2-5-23-18(26)12-6-10(3-4-15(12)24-16(25)9-21)11-7-13(19)17(22)14(20)8-11;18-11-4-9(5-12(19)16(11)21)8-1-2-13(23-14(24)6-20)10(3-8)17(27)22-7-15(25)26;1-2-3/h3-4,6-8H,2,5,9,22H2,1H3,(H,23,26)(H,24,25);1-5H,6-7,21H2,(H,22,27)(H,23,24)(H,25,26);1H3. The van der Waals surface area contributed by atoms with Crippen LogP contribution < -0.4 is 32.7 Å². The number of alkyl halides is 2. The van der Waals surface area contributed by atoms with Gasteiger partial charge in [0, 0.05) is 24.4 Å². The molecule has 4 rings (SSSR count). The molecule has 0 saturated heterocycles. The van der Waals surface area contributed by atoms with Gasteiger partial charge in [-0.2, -0.15) is 4.91 Å². The second-order valence-electron chi connectivity index (χ2n) is 11.1. The number of benzene rings is 4. The van der Waals surface area contributed by atoms with Gasteiger partial charge in [0.25, 0.3) is 11.8 Å². The molecule has 4 aromatic rings. The fraction of sp³-hybridized carbons (Fsp3) is 0.194. The van der Waals surface area contributed by atoms with Crippen LogP contribution in [0.25, 0.3) is 22.3 Å². The van der Waals surface area contributed by atoms with Gasteiger partial charge in [0.2, 0.25) is 11.8 Å². The summed E-state index contributed by atoms with van der Waals surface area (Å²) in [4.78, 5) is 67.5. The molecule has 0 aliphatic carbocycles. The number of carboxylic acid groups (broad SMARTS) is 1. The molecule has 0 spiro atoms. The summed E-state index contributed by atoms with van der Waals surface area (Å²) in [5, 5.41) is 21.3. The van der Waals surface area contributed by atoms with Crippen molar-refractivity contribution < 1.29 is 29.1 Å². The van der Waals surface area contributed by atoms with E-state index in [-0.39, 0.29) is 34.8 Å². The SMILES string of the molecule is CCCNC(=O)c1cc(-c2cc(Br)c(N)c(Br)c2)ccc1NC(=O)CCl.CN=O.Nc1c(Br)cc(-c2ccc(NC(=O)CCl)c(C(=O)NCC(=O)O)c2)cc1Br. The van der Waals surface area contributed by atoms with Crippen molar-refractivity contribution in [2.45, 2.75) is 13.3 Å². The molecule has 56 heavy (non-hydrogen) atoms. The number of halogens is 6. The first-order chi connectivity index (χ1) is 26.5. The highest BCUT2D eigenvalue weighted by molar-refractivity contribution is 9.11. The highest BCUT2D eigenvalue weighted by Gasteiger charge is 2.18. The van der Waals surface area contributed by atoms with Gasteiger partial charge < -0.3 is 37.8 Å². The number of nitrogens with zero attached hydrogens (tertiary/aromatic N) is 1. The molecule has 14 nitrogen and oxygen atoms in total. The number of carboxylic acids is 1. The molecule has 0 fully saturated rings. The van der Waals surface area contributed by atoms with E-state index in [1.165, 1.54) is 7.05 Å². The molecule has 9 N–H and O–H groups in total. The first kappa shape index (κ1) is 48.1. The lowest BCUT2D eigenvalue weighted by Gasteiger charge is -2.14. The Morgan fingerprint density at radius 1 is 0.661 bits per heavy atom. The van der Waals surface area contributed by atoms with Crippen LogP contribution in [0.1, 0.15) is 34.1 Å². The number of nitrogen functional groups attached to an aromatic ring is 2. The van der Waals surface area contributed by atoms with E-state index in [9.17, 15) is 24.0 Å². The highest BCUT2D eigenvalue weighted by Crippen LogP contribution is 2.36. The van der Waals surface area contributed by atoms with Gasteiger partial charge in [0.1, 0.15) is 18.3 Å². The Kier molecular flexibility index (Phi) is 20.5. The molecule has 0 atom stereocenters. The average Bonchev–Trinajstić information content (AvgIpc) is 3.17. The van der Waals surface area contributed by atoms with Crippen LogP contribution in [0.3, 0.4) is 0 Å². The van der Waals surface area contributed by atoms with Crippen molar-refractivity contribution in [3.8, 4) is 22.3 Å². The van der Waals surface area contributed by atoms with E-state index in [0.29, 0.717) is 43.7 Å². The third-order valence-corrected chi connectivity index (χ3v) is 10.2. The molecule has 0 heterocycles. The number of hydrogen-bond donors (Lipinski definition) is 7. The van der Waals surface area contributed by atoms with E-state index in [2.05, 4.69) is 90.2 Å². The maximum Gasteiger partial charge on any atom is 0.322 e. The third-order valence-electron chi connectivity index (χ3n) is 7.08. The summed E-state index contributed by atoms with van der Waals surface area (Å²) in [5.74, 6) is -3.41. The number of nitrogens with one attached hydrogen (secondary N) is 4. The number of aliphatic carboxylic acids is 1. The normalized spacial score (nSPS) is 10.1. The average molecular weight is 1070 g/mol. The van der Waals surface area contributed by atoms with Crippen LogP contribution in [0, 0.1) is 4.91 Å². The van der Waals surface area contributed by atoms with Crippen LogP contribution >= 0.6 is 86.9 Å². The van der Waals surface area contributed by atoms with Crippen molar-refractivity contribution in [2.24, 2.45) is 5.18 Å². The maximum absolute atomic E-state index is 12.5. The predicted molar refractivity (Wildman–Crippen MR) is 236 cm³/mol. The van der Waals surface area contributed by atoms with Crippen LogP contribution in [-0.2, 0) is 14.4 Å². The lowest BCUT2D eigenvalue weighted by molar-refractivity contribution is -0.135. The molecule has 0 radical (unpaired) electrons. The van der Waals surface area contributed by atoms with E-state index in [0.717, 1.165) is 32.1 Å². The minimum Gasteiger partial charge on any atom is -0.480 e. The number of carbonyl (C=O) groups excluding carboxylic acids is 4. The Bertz CT molecular complexity index is 2060. The zero-order valence-electron chi connectivity index (χ0n) is 29.6. The smallest absolute Gasteiger partial charge is 0.322 e. The van der Waals surface area contributed by atoms with Gasteiger partial charge in [-0.25, -0.2) is 0 Å². The molecule has 4 amide bonds. The lowest BCUT2D eigenvalue weighted by atomic mass is 10.0. The molecule has 0 bridgehead atoms. The summed E-state index contributed by atoms with van der Waals surface area (Å²) >= 11 is 24.6. The van der Waals surface area contributed by atoms with Crippen molar-refractivity contribution in [3.63, 3.8) is 0 Å². The first-order valence-electron chi connectivity index (χ1n) is 16.0. The van der Waals surface area contributed by atoms with Crippen LogP contribution in [0.2, 0.25) is 0 Å². The highest BCUT2D eigenvalue weighted by atomic mass is 79.9. The fourth-order valence-electron chi connectivity index (χ4n) is 4.50. The van der Waals surface area contributed by atoms with Gasteiger partial charge in [0.05, 0.1) is 40.9 Å². The molecule has 0 aromatic heterocycles. The molecule has 0 aliphatic rings. The van der Waals surface area contributed by atoms with Crippen molar-refractivity contribution >= 4 is 139 Å². The van der Waals surface area contributed by atoms with Crippen LogP contribution in [-0.4, -0.2) is 66.6 Å². The van der Waals surface area contributed by atoms with E-state index in [1.807, 2.05) is 25.1 Å². The minimum atomic E-state index is -1.18. The van der Waals surface area contributed by atoms with Crippen LogP contribution in [0.4, 0.5) is 22.7 Å². The largest absolute Gasteiger partial charge is 0.480 e. The number of hydrogen-bond acceptors (Lipinski definition) is 9. The number of nitrogens with two attached hydrogens (primary N) is 2. The van der Waals surface area contributed by atoms with Gasteiger partial charge in [-0.1, -0.05) is 24.2 Å². The number of rotatable bonds is 12. The van der Waals surface area contributed by atoms with Gasteiger partial charge in [-0.3, -0.25) is 24.0 Å². The summed E-state index contributed by atoms with van der Waals surface area (Å²) in [7, 11) is 1.19. The molecule has 4 aromatic carbocycles. The van der Waals surface area contributed by atoms with E-state index in [4.69, 9.17) is 44.7 Å². The summed E-state index contributed by atoms with van der Waals surface area (Å²) in [6.45, 7) is 1.96. The second-order valence-corrected chi connectivity index (χ2v) is 15.1. The number of anilines is 4. The van der Waals surface area contributed by atoms with Crippen molar-refractivity contribution in [1.82, 2.24) is 10.6 Å². The maximum atomic E-state index is 12.5. The summed E-state index contributed by atoms with van der Waals surface area (Å²) in [6.07, 6.45) is 0.812. The van der Waals surface area contributed by atoms with E-state index < -0.39 is 24.3 Å². The second kappa shape index (κ2) is 23.9. The van der Waals surface area contributed by atoms with Gasteiger partial charge in [-0.15, -0.1) is 23.2 Å². The summed E-state index contributed by atoms with van der Waals surface area (Å²) < 4.78 is 2.84. The Morgan fingerprint density at radius 3 is 1.34 bits per heavy atom. The Balaban J connectivity index is 0.000000362. The fourth-order valence-corrected chi connectivity index (χ4v) is 7.00. The first-order valence-corrected chi connectivity index (χ1v) is 20.2. The van der Waals surface area contributed by atoms with Crippen LogP contribution in [0.5, 0.6) is 0 Å². The topological polar surface area (TPSA) is 235 Å². The molecule has 20 heteroatoms. The molecule has 298 valence electrons. The molecule has 0 aliphatic heterocycles. The van der Waals surface area contributed by atoms with Crippen LogP contribution in [0.15, 0.2) is 83.7 Å². The number of nitroso groups, excluding NO2 is 1. The summed E-state index contributed by atoms with van der Waals surface area (Å²) in [6, 6.07) is 17.4. The molecular formula is C36H35Br4Cl2N7O7. The minimum absolute atomic E-state index is 0.108. The Morgan fingerprint density at radius 2 is 1.02 bits per heavy atom. The van der Waals surface area contributed by atoms with Crippen molar-refractivity contribution in [1.29, 1.82) is 0 Å². The Labute approximate surface area is 365 Å². The predicted octanol–water partition coefficient (Wildman–Crippen LogP) is 8.61. The number of amides is 4.